The normalized spacial score (nSPS) is 14.6. The molecule has 0 N–H and O–H groups in total. The Balaban J connectivity index is 2.23. The standard InChI is InChI=1S/C11H11N3O/c1-13-9(6-7-12-13)10-4-2-8-3-5-11(15)14(8)10/h2,4,6-7H,3,5H2,1H3. The summed E-state index contributed by atoms with van der Waals surface area (Å²) in [5.41, 5.74) is 3.04. The van der Waals surface area contributed by atoms with Gasteiger partial charge in [0.1, 0.15) is 0 Å². The van der Waals surface area contributed by atoms with E-state index in [-0.39, 0.29) is 5.91 Å². The second-order valence-corrected chi connectivity index (χ2v) is 3.78. The summed E-state index contributed by atoms with van der Waals surface area (Å²) in [7, 11) is 1.88. The smallest absolute Gasteiger partial charge is 0.231 e. The maximum Gasteiger partial charge on any atom is 0.231 e. The third kappa shape index (κ3) is 1.08. The van der Waals surface area contributed by atoms with Crippen molar-refractivity contribution in [2.24, 2.45) is 7.05 Å². The van der Waals surface area contributed by atoms with Gasteiger partial charge in [-0.1, -0.05) is 0 Å². The van der Waals surface area contributed by atoms with Crippen molar-refractivity contribution in [1.29, 1.82) is 0 Å². The molecule has 76 valence electrons. The van der Waals surface area contributed by atoms with E-state index >= 15 is 0 Å². The summed E-state index contributed by atoms with van der Waals surface area (Å²) in [5, 5.41) is 4.12. The topological polar surface area (TPSA) is 39.8 Å². The molecule has 0 amide bonds. The van der Waals surface area contributed by atoms with Crippen LogP contribution in [0.15, 0.2) is 24.4 Å². The molecule has 2 aromatic rings. The van der Waals surface area contributed by atoms with Crippen molar-refractivity contribution >= 4 is 5.91 Å². The molecule has 3 heterocycles. The van der Waals surface area contributed by atoms with E-state index in [2.05, 4.69) is 5.10 Å². The van der Waals surface area contributed by atoms with Crippen molar-refractivity contribution in [2.45, 2.75) is 12.8 Å². The zero-order chi connectivity index (χ0) is 10.4. The number of hydrogen-bond acceptors (Lipinski definition) is 2. The molecule has 4 nitrogen and oxygen atoms in total. The average molecular weight is 201 g/mol. The molecule has 0 unspecified atom stereocenters. The average Bonchev–Trinajstić information content (AvgIpc) is 2.85. The van der Waals surface area contributed by atoms with Crippen LogP contribution >= 0.6 is 0 Å². The van der Waals surface area contributed by atoms with Gasteiger partial charge in [-0.3, -0.25) is 14.0 Å². The lowest BCUT2D eigenvalue weighted by Crippen LogP contribution is -2.07. The summed E-state index contributed by atoms with van der Waals surface area (Å²) in [6, 6.07) is 5.94. The van der Waals surface area contributed by atoms with E-state index in [9.17, 15) is 4.79 Å². The number of nitrogens with zero attached hydrogens (tertiary/aromatic N) is 3. The second-order valence-electron chi connectivity index (χ2n) is 3.78. The highest BCUT2D eigenvalue weighted by Gasteiger charge is 2.23. The fourth-order valence-corrected chi connectivity index (χ4v) is 2.14. The van der Waals surface area contributed by atoms with E-state index in [0.29, 0.717) is 6.42 Å². The Hall–Kier alpha value is -1.84. The van der Waals surface area contributed by atoms with E-state index in [1.807, 2.05) is 25.2 Å². The molecular formula is C11H11N3O. The SMILES string of the molecule is Cn1nccc1-c1ccc2n1C(=O)CC2. The van der Waals surface area contributed by atoms with Gasteiger partial charge in [-0.15, -0.1) is 0 Å². The molecule has 4 heteroatoms. The molecule has 0 saturated heterocycles. The maximum absolute atomic E-state index is 11.7. The highest BCUT2D eigenvalue weighted by molar-refractivity contribution is 5.87. The highest BCUT2D eigenvalue weighted by Crippen LogP contribution is 2.26. The molecule has 0 saturated carbocycles. The van der Waals surface area contributed by atoms with Crippen LogP contribution in [0.5, 0.6) is 0 Å². The summed E-state index contributed by atoms with van der Waals surface area (Å²) < 4.78 is 3.59. The molecular weight excluding hydrogens is 190 g/mol. The molecule has 0 aliphatic carbocycles. The van der Waals surface area contributed by atoms with E-state index in [1.165, 1.54) is 0 Å². The third-order valence-electron chi connectivity index (χ3n) is 2.89. The fourth-order valence-electron chi connectivity index (χ4n) is 2.14. The maximum atomic E-state index is 11.7. The molecule has 0 fully saturated rings. The number of carbonyl (C=O) groups is 1. The Morgan fingerprint density at radius 3 is 2.80 bits per heavy atom. The second kappa shape index (κ2) is 2.82. The van der Waals surface area contributed by atoms with E-state index in [0.717, 1.165) is 23.5 Å². The van der Waals surface area contributed by atoms with Crippen LogP contribution in [0.1, 0.15) is 16.9 Å². The molecule has 0 radical (unpaired) electrons. The predicted molar refractivity (Wildman–Crippen MR) is 55.6 cm³/mol. The first-order chi connectivity index (χ1) is 7.27. The predicted octanol–water partition coefficient (Wildman–Crippen LogP) is 1.47. The minimum atomic E-state index is 0.186. The Morgan fingerprint density at radius 1 is 1.20 bits per heavy atom. The molecule has 0 atom stereocenters. The van der Waals surface area contributed by atoms with Crippen LogP contribution in [0.2, 0.25) is 0 Å². The molecule has 3 rings (SSSR count). The van der Waals surface area contributed by atoms with Crippen LogP contribution in [-0.4, -0.2) is 20.3 Å². The zero-order valence-electron chi connectivity index (χ0n) is 8.47. The van der Waals surface area contributed by atoms with Gasteiger partial charge in [0.2, 0.25) is 5.91 Å². The number of hydrogen-bond donors (Lipinski definition) is 0. The van der Waals surface area contributed by atoms with Crippen molar-refractivity contribution in [1.82, 2.24) is 14.3 Å². The lowest BCUT2D eigenvalue weighted by atomic mass is 10.2. The van der Waals surface area contributed by atoms with Gasteiger partial charge in [0, 0.05) is 25.4 Å². The van der Waals surface area contributed by atoms with Crippen molar-refractivity contribution < 1.29 is 4.79 Å². The Morgan fingerprint density at radius 2 is 2.07 bits per heavy atom. The molecule has 0 bridgehead atoms. The zero-order valence-corrected chi connectivity index (χ0v) is 8.47. The quantitative estimate of drug-likeness (QED) is 0.701. The van der Waals surface area contributed by atoms with E-state index in [1.54, 1.807) is 15.4 Å². The Labute approximate surface area is 87.1 Å². The molecule has 0 aromatic carbocycles. The summed E-state index contributed by atoms with van der Waals surface area (Å²) >= 11 is 0. The van der Waals surface area contributed by atoms with Gasteiger partial charge in [0.25, 0.3) is 0 Å². The monoisotopic (exact) mass is 201 g/mol. The third-order valence-corrected chi connectivity index (χ3v) is 2.89. The molecule has 0 spiro atoms. The van der Waals surface area contributed by atoms with Crippen molar-refractivity contribution in [3.8, 4) is 11.4 Å². The lowest BCUT2D eigenvalue weighted by Gasteiger charge is -2.04. The van der Waals surface area contributed by atoms with Gasteiger partial charge >= 0.3 is 0 Å². The first kappa shape index (κ1) is 8.47. The van der Waals surface area contributed by atoms with Crippen molar-refractivity contribution in [3.05, 3.63) is 30.1 Å². The van der Waals surface area contributed by atoms with Crippen molar-refractivity contribution in [3.63, 3.8) is 0 Å². The Kier molecular flexibility index (Phi) is 1.59. The first-order valence-corrected chi connectivity index (χ1v) is 4.99. The molecule has 2 aromatic heterocycles. The first-order valence-electron chi connectivity index (χ1n) is 4.99. The van der Waals surface area contributed by atoms with Crippen LogP contribution in [0.3, 0.4) is 0 Å². The largest absolute Gasteiger partial charge is 0.283 e. The highest BCUT2D eigenvalue weighted by atomic mass is 16.2. The summed E-state index contributed by atoms with van der Waals surface area (Å²) in [5.74, 6) is 0.186. The Bertz CT molecular complexity index is 536. The van der Waals surface area contributed by atoms with Gasteiger partial charge in [-0.25, -0.2) is 0 Å². The van der Waals surface area contributed by atoms with Crippen LogP contribution < -0.4 is 0 Å². The minimum absolute atomic E-state index is 0.186. The number of aryl methyl sites for hydroxylation is 2. The van der Waals surface area contributed by atoms with Crippen LogP contribution in [0.25, 0.3) is 11.4 Å². The molecule has 1 aliphatic heterocycles. The van der Waals surface area contributed by atoms with Crippen LogP contribution in [0.4, 0.5) is 0 Å². The van der Waals surface area contributed by atoms with E-state index in [4.69, 9.17) is 0 Å². The minimum Gasteiger partial charge on any atom is -0.283 e. The number of fused-ring (bicyclic) bond motifs is 1. The van der Waals surface area contributed by atoms with Gasteiger partial charge in [-0.2, -0.15) is 5.10 Å². The van der Waals surface area contributed by atoms with Gasteiger partial charge in [0.15, 0.2) is 0 Å². The van der Waals surface area contributed by atoms with Gasteiger partial charge in [-0.05, 0) is 24.6 Å². The molecule has 1 aliphatic rings. The van der Waals surface area contributed by atoms with Crippen molar-refractivity contribution in [2.75, 3.05) is 0 Å². The number of aromatic nitrogens is 3. The summed E-state index contributed by atoms with van der Waals surface area (Å²) in [6.45, 7) is 0. The van der Waals surface area contributed by atoms with Gasteiger partial charge in [0.05, 0.1) is 11.4 Å². The molecule has 15 heavy (non-hydrogen) atoms. The number of carbonyl (C=O) groups excluding carboxylic acids is 1. The van der Waals surface area contributed by atoms with Crippen LogP contribution in [-0.2, 0) is 13.5 Å². The van der Waals surface area contributed by atoms with Crippen LogP contribution in [0, 0.1) is 0 Å². The summed E-state index contributed by atoms with van der Waals surface area (Å²) in [4.78, 5) is 11.7. The van der Waals surface area contributed by atoms with Gasteiger partial charge < -0.3 is 0 Å². The fraction of sp³-hybridized carbons (Fsp3) is 0.273. The summed E-state index contributed by atoms with van der Waals surface area (Å²) in [6.07, 6.45) is 3.23. The number of rotatable bonds is 1. The lowest BCUT2D eigenvalue weighted by molar-refractivity contribution is 0.0926. The van der Waals surface area contributed by atoms with E-state index < -0.39 is 0 Å².